The van der Waals surface area contributed by atoms with Crippen LogP contribution >= 0.6 is 0 Å². The second-order valence-corrected chi connectivity index (χ2v) is 22.3. The SMILES string of the molecule is Cc1cc(C(C)(C)C)cc(C(C)(C)C)c1C(O)C(CO)(CO)C(O)(c1ccc(C(C)(C)C)cc1C(C)(C)C)c1c(C)cc(C(C)(C)C)cc1C(C)(C)C. The fourth-order valence-corrected chi connectivity index (χ4v) is 8.03. The summed E-state index contributed by atoms with van der Waals surface area (Å²) in [7, 11) is 0. The van der Waals surface area contributed by atoms with Gasteiger partial charge in [0, 0.05) is 0 Å². The van der Waals surface area contributed by atoms with Crippen molar-refractivity contribution in [1.29, 1.82) is 0 Å². The number of hydrogen-bond acceptors (Lipinski definition) is 4. The number of hydrogen-bond donors (Lipinski definition) is 4. The molecule has 0 saturated carbocycles. The van der Waals surface area contributed by atoms with Crippen molar-refractivity contribution in [2.75, 3.05) is 13.2 Å². The first-order chi connectivity index (χ1) is 23.6. The lowest BCUT2D eigenvalue weighted by Crippen LogP contribution is -2.57. The van der Waals surface area contributed by atoms with Crippen molar-refractivity contribution >= 4 is 0 Å². The van der Waals surface area contributed by atoms with E-state index in [1.54, 1.807) is 0 Å². The molecule has 2 unspecified atom stereocenters. The first-order valence-electron chi connectivity index (χ1n) is 19.7. The van der Waals surface area contributed by atoms with Crippen LogP contribution in [0.3, 0.4) is 0 Å². The zero-order valence-electron chi connectivity index (χ0n) is 37.3. The third-order valence-corrected chi connectivity index (χ3v) is 11.6. The maximum absolute atomic E-state index is 14.4. The normalized spacial score (nSPS) is 15.8. The Morgan fingerprint density at radius 1 is 0.453 bits per heavy atom. The zero-order chi connectivity index (χ0) is 41.3. The van der Waals surface area contributed by atoms with Gasteiger partial charge in [-0.15, -0.1) is 0 Å². The molecule has 53 heavy (non-hydrogen) atoms. The van der Waals surface area contributed by atoms with Crippen LogP contribution in [0.5, 0.6) is 0 Å². The van der Waals surface area contributed by atoms with E-state index in [1.165, 1.54) is 0 Å². The van der Waals surface area contributed by atoms with E-state index in [1.807, 2.05) is 19.9 Å². The van der Waals surface area contributed by atoms with Crippen LogP contribution in [0.1, 0.15) is 192 Å². The predicted molar refractivity (Wildman–Crippen MR) is 226 cm³/mol. The molecule has 0 aromatic heterocycles. The molecule has 0 aliphatic heterocycles. The standard InChI is InChI=1S/C49H76O4/c1-30-23-33(43(6,7)8)26-37(46(15,16)17)39(30)41(52)48(28-50,29-51)49(53,35-22-21-32(42(3,4)5)25-36(35)45(12,13)14)40-31(2)24-34(44(9,10)11)27-38(40)47(18,19)20/h21-27,41,50-53H,28-29H2,1-20H3. The summed E-state index contributed by atoms with van der Waals surface area (Å²) in [6, 6.07) is 14.9. The monoisotopic (exact) mass is 729 g/mol. The fraction of sp³-hybridized carbons (Fsp3) is 0.633. The maximum Gasteiger partial charge on any atom is 0.128 e. The molecule has 3 aromatic carbocycles. The molecule has 296 valence electrons. The molecule has 0 aliphatic rings. The van der Waals surface area contributed by atoms with Crippen molar-refractivity contribution < 1.29 is 20.4 Å². The van der Waals surface area contributed by atoms with Gasteiger partial charge in [0.1, 0.15) is 5.60 Å². The maximum atomic E-state index is 14.4. The second kappa shape index (κ2) is 14.2. The Morgan fingerprint density at radius 3 is 1.21 bits per heavy atom. The lowest BCUT2D eigenvalue weighted by atomic mass is 9.56. The van der Waals surface area contributed by atoms with Gasteiger partial charge in [-0.05, 0) is 108 Å². The van der Waals surface area contributed by atoms with Gasteiger partial charge >= 0.3 is 0 Å². The third-order valence-electron chi connectivity index (χ3n) is 11.6. The summed E-state index contributed by atoms with van der Waals surface area (Å²) in [4.78, 5) is 0. The van der Waals surface area contributed by atoms with Crippen molar-refractivity contribution in [2.45, 2.75) is 183 Å². The van der Waals surface area contributed by atoms with Crippen molar-refractivity contribution in [1.82, 2.24) is 0 Å². The topological polar surface area (TPSA) is 80.9 Å². The van der Waals surface area contributed by atoms with E-state index < -0.39 is 46.6 Å². The number of aryl methyl sites for hydroxylation is 2. The van der Waals surface area contributed by atoms with Crippen LogP contribution in [0.15, 0.2) is 42.5 Å². The van der Waals surface area contributed by atoms with Crippen molar-refractivity contribution in [3.63, 3.8) is 0 Å². The first-order valence-corrected chi connectivity index (χ1v) is 19.7. The van der Waals surface area contributed by atoms with Crippen LogP contribution in [0.25, 0.3) is 0 Å². The van der Waals surface area contributed by atoms with Gasteiger partial charge in [-0.25, -0.2) is 0 Å². The minimum Gasteiger partial charge on any atom is -0.395 e. The van der Waals surface area contributed by atoms with E-state index >= 15 is 0 Å². The Bertz CT molecular complexity index is 1780. The van der Waals surface area contributed by atoms with E-state index in [0.717, 1.165) is 44.5 Å². The zero-order valence-corrected chi connectivity index (χ0v) is 37.3. The van der Waals surface area contributed by atoms with Crippen LogP contribution in [-0.4, -0.2) is 33.6 Å². The van der Waals surface area contributed by atoms with Gasteiger partial charge in [-0.3, -0.25) is 0 Å². The summed E-state index contributed by atoms with van der Waals surface area (Å²) < 4.78 is 0. The summed E-state index contributed by atoms with van der Waals surface area (Å²) in [5, 5.41) is 51.7. The summed E-state index contributed by atoms with van der Waals surface area (Å²) in [5.41, 5.74) is 3.93. The Balaban J connectivity index is 2.81. The highest BCUT2D eigenvalue weighted by Gasteiger charge is 2.60. The second-order valence-electron chi connectivity index (χ2n) is 22.3. The number of benzene rings is 3. The van der Waals surface area contributed by atoms with Gasteiger partial charge in [0.05, 0.1) is 24.7 Å². The highest BCUT2D eigenvalue weighted by atomic mass is 16.3. The minimum atomic E-state index is -2.07. The molecule has 0 fully saturated rings. The lowest BCUT2D eigenvalue weighted by molar-refractivity contribution is -0.174. The van der Waals surface area contributed by atoms with Crippen LogP contribution in [0, 0.1) is 19.3 Å². The molecule has 3 rings (SSSR count). The smallest absolute Gasteiger partial charge is 0.128 e. The van der Waals surface area contributed by atoms with E-state index in [-0.39, 0.29) is 16.2 Å². The summed E-state index contributed by atoms with van der Waals surface area (Å²) in [6.07, 6.45) is -1.46. The van der Waals surface area contributed by atoms with E-state index in [9.17, 15) is 20.4 Å². The molecule has 3 aromatic rings. The van der Waals surface area contributed by atoms with Crippen molar-refractivity contribution in [2.24, 2.45) is 5.41 Å². The molecule has 4 heteroatoms. The van der Waals surface area contributed by atoms with Gasteiger partial charge in [0.2, 0.25) is 0 Å². The van der Waals surface area contributed by atoms with Crippen LogP contribution < -0.4 is 0 Å². The molecular formula is C49H76O4. The number of aliphatic hydroxyl groups excluding tert-OH is 3. The average molecular weight is 729 g/mol. The van der Waals surface area contributed by atoms with Crippen LogP contribution in [0.2, 0.25) is 0 Å². The molecule has 0 heterocycles. The fourth-order valence-electron chi connectivity index (χ4n) is 8.03. The van der Waals surface area contributed by atoms with Gasteiger partial charge in [-0.1, -0.05) is 167 Å². The Morgan fingerprint density at radius 2 is 0.830 bits per heavy atom. The molecule has 0 bridgehead atoms. The molecule has 0 aliphatic carbocycles. The average Bonchev–Trinajstić information content (AvgIpc) is 2.97. The quantitative estimate of drug-likeness (QED) is 0.195. The molecule has 2 atom stereocenters. The van der Waals surface area contributed by atoms with Gasteiger partial charge in [-0.2, -0.15) is 0 Å². The lowest BCUT2D eigenvalue weighted by Gasteiger charge is -2.53. The first kappa shape index (κ1) is 44.9. The highest BCUT2D eigenvalue weighted by molar-refractivity contribution is 5.57. The van der Waals surface area contributed by atoms with E-state index in [4.69, 9.17) is 0 Å². The van der Waals surface area contributed by atoms with Crippen molar-refractivity contribution in [3.8, 4) is 0 Å². The van der Waals surface area contributed by atoms with Gasteiger partial charge < -0.3 is 20.4 Å². The Labute approximate surface area is 324 Å². The molecule has 0 amide bonds. The summed E-state index contributed by atoms with van der Waals surface area (Å²) >= 11 is 0. The predicted octanol–water partition coefficient (Wildman–Crippen LogP) is 11.0. The Kier molecular flexibility index (Phi) is 12.0. The summed E-state index contributed by atoms with van der Waals surface area (Å²) in [5.74, 6) is 0. The molecule has 0 radical (unpaired) electrons. The number of aliphatic hydroxyl groups is 4. The largest absolute Gasteiger partial charge is 0.395 e. The van der Waals surface area contributed by atoms with Crippen LogP contribution in [0.4, 0.5) is 0 Å². The number of rotatable bonds is 7. The van der Waals surface area contributed by atoms with Gasteiger partial charge in [0.15, 0.2) is 0 Å². The summed E-state index contributed by atoms with van der Waals surface area (Å²) in [6.45, 7) is 41.6. The van der Waals surface area contributed by atoms with E-state index in [2.05, 4.69) is 161 Å². The van der Waals surface area contributed by atoms with Gasteiger partial charge in [0.25, 0.3) is 0 Å². The van der Waals surface area contributed by atoms with Crippen LogP contribution in [-0.2, 0) is 38.1 Å². The highest BCUT2D eigenvalue weighted by Crippen LogP contribution is 2.58. The molecule has 0 spiro atoms. The Hall–Kier alpha value is -2.50. The van der Waals surface area contributed by atoms with E-state index in [0.29, 0.717) is 16.7 Å². The molecular weight excluding hydrogens is 653 g/mol. The molecule has 4 nitrogen and oxygen atoms in total. The minimum absolute atomic E-state index is 0.149. The van der Waals surface area contributed by atoms with Crippen molar-refractivity contribution in [3.05, 3.63) is 104 Å². The molecule has 0 saturated heterocycles. The molecule has 4 N–H and O–H groups in total. The third kappa shape index (κ3) is 8.37.